The molecule has 1 aromatic carbocycles. The number of halogens is 1. The molecule has 148 valence electrons. The fourth-order valence-electron chi connectivity index (χ4n) is 5.17. The van der Waals surface area contributed by atoms with E-state index in [1.54, 1.807) is 12.1 Å². The van der Waals surface area contributed by atoms with Gasteiger partial charge in [-0.1, -0.05) is 50.7 Å². The second-order valence-corrected chi connectivity index (χ2v) is 8.80. The van der Waals surface area contributed by atoms with Crippen molar-refractivity contribution < 1.29 is 10.2 Å². The SMILES string of the molecule is CN(C)CC1CC(CCC2CCCC2)CCC1(O)c1ccc(O)cc1.Cl. The second-order valence-electron chi connectivity index (χ2n) is 8.80. The predicted octanol–water partition coefficient (Wildman–Crippen LogP) is 4.95. The van der Waals surface area contributed by atoms with Crippen LogP contribution in [-0.4, -0.2) is 35.8 Å². The van der Waals surface area contributed by atoms with Crippen LogP contribution in [0.15, 0.2) is 24.3 Å². The molecule has 26 heavy (non-hydrogen) atoms. The molecule has 3 rings (SSSR count). The lowest BCUT2D eigenvalue weighted by atomic mass is 9.66. The smallest absolute Gasteiger partial charge is 0.115 e. The lowest BCUT2D eigenvalue weighted by Crippen LogP contribution is -2.45. The highest BCUT2D eigenvalue weighted by Crippen LogP contribution is 2.46. The third kappa shape index (κ3) is 5.15. The molecule has 2 aliphatic rings. The molecule has 4 heteroatoms. The number of aliphatic hydroxyl groups is 1. The predicted molar refractivity (Wildman–Crippen MR) is 110 cm³/mol. The monoisotopic (exact) mass is 381 g/mol. The first-order valence-corrected chi connectivity index (χ1v) is 10.1. The first-order chi connectivity index (χ1) is 12.0. The number of rotatable bonds is 6. The molecular formula is C22H36ClNO2. The Balaban J connectivity index is 0.00000243. The summed E-state index contributed by atoms with van der Waals surface area (Å²) in [5.41, 5.74) is 0.202. The van der Waals surface area contributed by atoms with Gasteiger partial charge >= 0.3 is 0 Å². The summed E-state index contributed by atoms with van der Waals surface area (Å²) in [6.45, 7) is 0.914. The van der Waals surface area contributed by atoms with Crippen LogP contribution in [0.5, 0.6) is 5.75 Å². The summed E-state index contributed by atoms with van der Waals surface area (Å²) < 4.78 is 0. The Morgan fingerprint density at radius 2 is 1.62 bits per heavy atom. The van der Waals surface area contributed by atoms with Crippen molar-refractivity contribution in [1.29, 1.82) is 0 Å². The zero-order valence-corrected chi connectivity index (χ0v) is 17.2. The largest absolute Gasteiger partial charge is 0.508 e. The van der Waals surface area contributed by atoms with Gasteiger partial charge in [0.05, 0.1) is 5.60 Å². The van der Waals surface area contributed by atoms with Gasteiger partial charge in [-0.2, -0.15) is 0 Å². The number of phenols is 1. The summed E-state index contributed by atoms with van der Waals surface area (Å²) in [4.78, 5) is 2.20. The van der Waals surface area contributed by atoms with Gasteiger partial charge in [-0.05, 0) is 62.9 Å². The van der Waals surface area contributed by atoms with Crippen molar-refractivity contribution in [2.45, 2.75) is 63.4 Å². The van der Waals surface area contributed by atoms with Crippen LogP contribution in [0.4, 0.5) is 0 Å². The Morgan fingerprint density at radius 1 is 1.00 bits per heavy atom. The van der Waals surface area contributed by atoms with Crippen molar-refractivity contribution in [3.05, 3.63) is 29.8 Å². The van der Waals surface area contributed by atoms with E-state index in [1.807, 2.05) is 12.1 Å². The number of hydrogen-bond acceptors (Lipinski definition) is 3. The molecule has 2 saturated carbocycles. The fraction of sp³-hybridized carbons (Fsp3) is 0.727. The average molecular weight is 382 g/mol. The molecule has 1 aromatic rings. The summed E-state index contributed by atoms with van der Waals surface area (Å²) in [6.07, 6.45) is 11.5. The Hall–Kier alpha value is -0.770. The summed E-state index contributed by atoms with van der Waals surface area (Å²) in [5.74, 6) is 2.24. The summed E-state index contributed by atoms with van der Waals surface area (Å²) in [6, 6.07) is 7.20. The molecule has 0 saturated heterocycles. The van der Waals surface area contributed by atoms with E-state index in [-0.39, 0.29) is 24.1 Å². The van der Waals surface area contributed by atoms with E-state index in [0.717, 1.165) is 43.2 Å². The molecule has 3 unspecified atom stereocenters. The minimum absolute atomic E-state index is 0. The molecule has 0 aromatic heterocycles. The van der Waals surface area contributed by atoms with Gasteiger partial charge in [0.1, 0.15) is 5.75 Å². The van der Waals surface area contributed by atoms with Crippen molar-refractivity contribution in [3.8, 4) is 5.75 Å². The zero-order chi connectivity index (χ0) is 17.9. The minimum atomic E-state index is -0.762. The molecule has 0 radical (unpaired) electrons. The molecule has 3 atom stereocenters. The average Bonchev–Trinajstić information content (AvgIpc) is 3.09. The summed E-state index contributed by atoms with van der Waals surface area (Å²) >= 11 is 0. The minimum Gasteiger partial charge on any atom is -0.508 e. The molecule has 0 bridgehead atoms. The van der Waals surface area contributed by atoms with E-state index < -0.39 is 5.60 Å². The standard InChI is InChI=1S/C22H35NO2.ClH/c1-23(2)16-20-15-18(8-7-17-5-3-4-6-17)13-14-22(20,25)19-9-11-21(24)12-10-19;/h9-12,17-18,20,24-25H,3-8,13-16H2,1-2H3;1H. The number of nitrogens with zero attached hydrogens (tertiary/aromatic N) is 1. The van der Waals surface area contributed by atoms with E-state index in [4.69, 9.17) is 0 Å². The highest BCUT2D eigenvalue weighted by Gasteiger charge is 2.43. The van der Waals surface area contributed by atoms with Crippen LogP contribution < -0.4 is 0 Å². The first-order valence-electron chi connectivity index (χ1n) is 10.1. The van der Waals surface area contributed by atoms with Gasteiger partial charge in [0.2, 0.25) is 0 Å². The molecular weight excluding hydrogens is 346 g/mol. The van der Waals surface area contributed by atoms with E-state index in [0.29, 0.717) is 0 Å². The first kappa shape index (κ1) is 21.5. The van der Waals surface area contributed by atoms with Crippen molar-refractivity contribution >= 4 is 12.4 Å². The lowest BCUT2D eigenvalue weighted by molar-refractivity contribution is -0.0766. The van der Waals surface area contributed by atoms with E-state index in [1.165, 1.54) is 38.5 Å². The maximum absolute atomic E-state index is 11.5. The Labute approximate surface area is 165 Å². The molecule has 0 spiro atoms. The van der Waals surface area contributed by atoms with Crippen LogP contribution in [-0.2, 0) is 5.60 Å². The van der Waals surface area contributed by atoms with Crippen molar-refractivity contribution in [2.24, 2.45) is 17.8 Å². The molecule has 3 nitrogen and oxygen atoms in total. The van der Waals surface area contributed by atoms with Crippen molar-refractivity contribution in [1.82, 2.24) is 4.90 Å². The van der Waals surface area contributed by atoms with Gasteiger partial charge in [-0.15, -0.1) is 12.4 Å². The number of phenolic OH excluding ortho intramolecular Hbond substituents is 1. The highest BCUT2D eigenvalue weighted by molar-refractivity contribution is 5.85. The third-order valence-electron chi connectivity index (χ3n) is 6.64. The van der Waals surface area contributed by atoms with Crippen LogP contribution in [0.1, 0.15) is 63.4 Å². The van der Waals surface area contributed by atoms with Crippen LogP contribution in [0, 0.1) is 17.8 Å². The number of aromatic hydroxyl groups is 1. The van der Waals surface area contributed by atoms with Gasteiger partial charge in [-0.25, -0.2) is 0 Å². The van der Waals surface area contributed by atoms with E-state index in [9.17, 15) is 10.2 Å². The molecule has 2 fully saturated rings. The van der Waals surface area contributed by atoms with Gasteiger partial charge in [-0.3, -0.25) is 0 Å². The Kier molecular flexibility index (Phi) is 7.81. The summed E-state index contributed by atoms with van der Waals surface area (Å²) in [7, 11) is 4.19. The molecule has 2 aliphatic carbocycles. The molecule has 0 heterocycles. The Morgan fingerprint density at radius 3 is 2.23 bits per heavy atom. The number of hydrogen-bond donors (Lipinski definition) is 2. The third-order valence-corrected chi connectivity index (χ3v) is 6.64. The van der Waals surface area contributed by atoms with Crippen molar-refractivity contribution in [3.63, 3.8) is 0 Å². The zero-order valence-electron chi connectivity index (χ0n) is 16.4. The van der Waals surface area contributed by atoms with Gasteiger partial charge < -0.3 is 15.1 Å². The van der Waals surface area contributed by atoms with Crippen LogP contribution in [0.25, 0.3) is 0 Å². The van der Waals surface area contributed by atoms with Gasteiger partial charge in [0, 0.05) is 12.5 Å². The van der Waals surface area contributed by atoms with Crippen LogP contribution in [0.2, 0.25) is 0 Å². The van der Waals surface area contributed by atoms with Crippen LogP contribution >= 0.6 is 12.4 Å². The maximum Gasteiger partial charge on any atom is 0.115 e. The van der Waals surface area contributed by atoms with E-state index >= 15 is 0 Å². The fourth-order valence-corrected chi connectivity index (χ4v) is 5.17. The normalized spacial score (nSPS) is 29.7. The highest BCUT2D eigenvalue weighted by atomic mass is 35.5. The Bertz CT molecular complexity index is 542. The lowest BCUT2D eigenvalue weighted by Gasteiger charge is -2.45. The number of benzene rings is 1. The topological polar surface area (TPSA) is 43.7 Å². The van der Waals surface area contributed by atoms with E-state index in [2.05, 4.69) is 19.0 Å². The van der Waals surface area contributed by atoms with Gasteiger partial charge in [0.25, 0.3) is 0 Å². The molecule has 0 amide bonds. The quantitative estimate of drug-likeness (QED) is 0.732. The maximum atomic E-state index is 11.5. The second kappa shape index (κ2) is 9.43. The summed E-state index contributed by atoms with van der Waals surface area (Å²) in [5, 5.41) is 21.1. The van der Waals surface area contributed by atoms with Crippen LogP contribution in [0.3, 0.4) is 0 Å². The molecule has 2 N–H and O–H groups in total. The molecule has 0 aliphatic heterocycles. The van der Waals surface area contributed by atoms with Gasteiger partial charge in [0.15, 0.2) is 0 Å². The van der Waals surface area contributed by atoms with Crippen molar-refractivity contribution in [2.75, 3.05) is 20.6 Å².